The Morgan fingerprint density at radius 2 is 2.07 bits per heavy atom. The van der Waals surface area contributed by atoms with Gasteiger partial charge in [0.25, 0.3) is 0 Å². The van der Waals surface area contributed by atoms with Gasteiger partial charge in [0.05, 0.1) is 5.69 Å². The number of aryl methyl sites for hydroxylation is 1. The van der Waals surface area contributed by atoms with Gasteiger partial charge in [-0.15, -0.1) is 0 Å². The van der Waals surface area contributed by atoms with Crippen LogP contribution in [0.15, 0.2) is 40.5 Å². The lowest BCUT2D eigenvalue weighted by molar-refractivity contribution is 1.04. The first-order chi connectivity index (χ1) is 7.34. The van der Waals surface area contributed by atoms with Gasteiger partial charge in [0.15, 0.2) is 5.82 Å². The third-order valence-corrected chi connectivity index (χ3v) is 3.57. The van der Waals surface area contributed by atoms with E-state index in [1.165, 1.54) is 10.5 Å². The van der Waals surface area contributed by atoms with E-state index in [2.05, 4.69) is 34.3 Å². The molecule has 0 aliphatic carbocycles. The van der Waals surface area contributed by atoms with Crippen LogP contribution < -0.4 is 5.32 Å². The van der Waals surface area contributed by atoms with Gasteiger partial charge in [-0.25, -0.2) is 9.97 Å². The van der Waals surface area contributed by atoms with E-state index < -0.39 is 0 Å². The summed E-state index contributed by atoms with van der Waals surface area (Å²) in [5.41, 5.74) is 2.38. The maximum Gasteiger partial charge on any atom is 0.163 e. The Kier molecular flexibility index (Phi) is 1.89. The van der Waals surface area contributed by atoms with Gasteiger partial charge in [-0.05, 0) is 18.6 Å². The minimum absolute atomic E-state index is 0.848. The zero-order valence-corrected chi connectivity index (χ0v) is 9.01. The number of fused-ring (bicyclic) bond motifs is 2. The number of anilines is 2. The molecule has 1 aliphatic heterocycles. The average Bonchev–Trinajstić information content (AvgIpc) is 2.27. The number of benzene rings is 1. The molecule has 0 fully saturated rings. The monoisotopic (exact) mass is 215 g/mol. The molecule has 4 heteroatoms. The van der Waals surface area contributed by atoms with Crippen LogP contribution in [0, 0.1) is 6.92 Å². The van der Waals surface area contributed by atoms with Crippen LogP contribution in [-0.4, -0.2) is 9.97 Å². The number of hydrogen-bond acceptors (Lipinski definition) is 4. The highest BCUT2D eigenvalue weighted by Crippen LogP contribution is 2.43. The number of hydrogen-bond donors (Lipinski definition) is 1. The Morgan fingerprint density at radius 3 is 3.00 bits per heavy atom. The van der Waals surface area contributed by atoms with E-state index in [-0.39, 0.29) is 0 Å². The van der Waals surface area contributed by atoms with Gasteiger partial charge in [0.2, 0.25) is 0 Å². The molecular weight excluding hydrogens is 206 g/mol. The van der Waals surface area contributed by atoms with Crippen molar-refractivity contribution in [1.82, 2.24) is 9.97 Å². The summed E-state index contributed by atoms with van der Waals surface area (Å²) in [6, 6.07) is 6.21. The Labute approximate surface area is 92.0 Å². The van der Waals surface area contributed by atoms with Gasteiger partial charge in [0, 0.05) is 17.3 Å². The number of rotatable bonds is 0. The summed E-state index contributed by atoms with van der Waals surface area (Å²) >= 11 is 1.67. The molecule has 0 bridgehead atoms. The Bertz CT molecular complexity index is 525. The first kappa shape index (κ1) is 8.73. The van der Waals surface area contributed by atoms with Crippen LogP contribution in [0.25, 0.3) is 0 Å². The van der Waals surface area contributed by atoms with E-state index in [9.17, 15) is 0 Å². The van der Waals surface area contributed by atoms with Crippen molar-refractivity contribution in [2.75, 3.05) is 5.32 Å². The van der Waals surface area contributed by atoms with Gasteiger partial charge < -0.3 is 5.32 Å². The van der Waals surface area contributed by atoms with Crippen molar-refractivity contribution in [3.8, 4) is 0 Å². The van der Waals surface area contributed by atoms with Gasteiger partial charge >= 0.3 is 0 Å². The van der Waals surface area contributed by atoms with Crippen molar-refractivity contribution in [2.45, 2.75) is 16.8 Å². The highest BCUT2D eigenvalue weighted by Gasteiger charge is 2.18. The van der Waals surface area contributed by atoms with Crippen molar-refractivity contribution in [2.24, 2.45) is 0 Å². The third-order valence-electron chi connectivity index (χ3n) is 2.33. The van der Waals surface area contributed by atoms with Crippen molar-refractivity contribution < 1.29 is 0 Å². The van der Waals surface area contributed by atoms with E-state index in [0.29, 0.717) is 0 Å². The summed E-state index contributed by atoms with van der Waals surface area (Å²) in [5.74, 6) is 0.848. The standard InChI is InChI=1S/C11H9N3S/c1-7-3-2-4-8-9(7)15-11-10(14-8)12-5-6-13-11/h2-6H,1H3,(H,12,14). The van der Waals surface area contributed by atoms with E-state index in [4.69, 9.17) is 0 Å². The molecule has 0 amide bonds. The lowest BCUT2D eigenvalue weighted by atomic mass is 10.2. The van der Waals surface area contributed by atoms with Crippen molar-refractivity contribution >= 4 is 23.3 Å². The molecule has 0 radical (unpaired) electrons. The van der Waals surface area contributed by atoms with E-state index >= 15 is 0 Å². The molecule has 0 unspecified atom stereocenters. The molecule has 0 atom stereocenters. The zero-order chi connectivity index (χ0) is 10.3. The summed E-state index contributed by atoms with van der Waals surface area (Å²) in [6.45, 7) is 2.11. The van der Waals surface area contributed by atoms with Gasteiger partial charge in [-0.1, -0.05) is 23.9 Å². The molecule has 2 heterocycles. The fourth-order valence-corrected chi connectivity index (χ4v) is 2.56. The van der Waals surface area contributed by atoms with Crippen molar-refractivity contribution in [3.05, 3.63) is 36.2 Å². The molecule has 1 N–H and O–H groups in total. The fraction of sp³-hybridized carbons (Fsp3) is 0.0909. The number of nitrogens with one attached hydrogen (secondary N) is 1. The second kappa shape index (κ2) is 3.24. The Morgan fingerprint density at radius 1 is 1.20 bits per heavy atom. The summed E-state index contributed by atoms with van der Waals surface area (Å²) in [5, 5.41) is 4.23. The second-order valence-corrected chi connectivity index (χ2v) is 4.39. The van der Waals surface area contributed by atoms with E-state index in [0.717, 1.165) is 16.5 Å². The molecule has 1 aromatic carbocycles. The topological polar surface area (TPSA) is 37.8 Å². The molecule has 0 spiro atoms. The number of aromatic nitrogens is 2. The maximum absolute atomic E-state index is 4.30. The highest BCUT2D eigenvalue weighted by molar-refractivity contribution is 7.99. The Balaban J connectivity index is 2.15. The molecule has 1 aliphatic rings. The smallest absolute Gasteiger partial charge is 0.163 e. The van der Waals surface area contributed by atoms with Crippen LogP contribution in [0.2, 0.25) is 0 Å². The predicted molar refractivity (Wildman–Crippen MR) is 60.6 cm³/mol. The molecule has 0 saturated carbocycles. The maximum atomic E-state index is 4.30. The lowest BCUT2D eigenvalue weighted by Crippen LogP contribution is -2.04. The fourth-order valence-electron chi connectivity index (χ4n) is 1.60. The van der Waals surface area contributed by atoms with Crippen LogP contribution in [-0.2, 0) is 0 Å². The highest BCUT2D eigenvalue weighted by atomic mass is 32.2. The minimum atomic E-state index is 0.848. The average molecular weight is 215 g/mol. The van der Waals surface area contributed by atoms with Crippen LogP contribution >= 0.6 is 11.8 Å². The molecule has 3 rings (SSSR count). The zero-order valence-electron chi connectivity index (χ0n) is 8.19. The predicted octanol–water partition coefficient (Wildman–Crippen LogP) is 2.99. The number of nitrogens with zero attached hydrogens (tertiary/aromatic N) is 2. The lowest BCUT2D eigenvalue weighted by Gasteiger charge is -2.19. The molecular formula is C11H9N3S. The quantitative estimate of drug-likeness (QED) is 0.625. The molecule has 1 aromatic heterocycles. The molecule has 0 saturated heterocycles. The normalized spacial score (nSPS) is 12.6. The van der Waals surface area contributed by atoms with E-state index in [1.807, 2.05) is 6.07 Å². The third kappa shape index (κ3) is 1.37. The van der Waals surface area contributed by atoms with Gasteiger partial charge in [-0.3, -0.25) is 0 Å². The van der Waals surface area contributed by atoms with E-state index in [1.54, 1.807) is 24.2 Å². The van der Waals surface area contributed by atoms with Crippen LogP contribution in [0.3, 0.4) is 0 Å². The molecule has 2 aromatic rings. The first-order valence-corrected chi connectivity index (χ1v) is 5.52. The van der Waals surface area contributed by atoms with Crippen LogP contribution in [0.4, 0.5) is 11.5 Å². The molecule has 74 valence electrons. The second-order valence-electron chi connectivity index (χ2n) is 3.39. The SMILES string of the molecule is Cc1cccc2c1Sc1nccnc1N2. The summed E-state index contributed by atoms with van der Waals surface area (Å²) in [6.07, 6.45) is 3.42. The first-order valence-electron chi connectivity index (χ1n) is 4.70. The molecule has 15 heavy (non-hydrogen) atoms. The summed E-state index contributed by atoms with van der Waals surface area (Å²) in [7, 11) is 0. The largest absolute Gasteiger partial charge is 0.337 e. The summed E-state index contributed by atoms with van der Waals surface area (Å²) in [4.78, 5) is 9.79. The molecule has 3 nitrogen and oxygen atoms in total. The summed E-state index contributed by atoms with van der Waals surface area (Å²) < 4.78 is 0. The Hall–Kier alpha value is -1.55. The minimum Gasteiger partial charge on any atom is -0.337 e. The van der Waals surface area contributed by atoms with Gasteiger partial charge in [-0.2, -0.15) is 0 Å². The van der Waals surface area contributed by atoms with Crippen LogP contribution in [0.1, 0.15) is 5.56 Å². The van der Waals surface area contributed by atoms with Crippen molar-refractivity contribution in [1.29, 1.82) is 0 Å². The van der Waals surface area contributed by atoms with Gasteiger partial charge in [0.1, 0.15) is 5.03 Å². The van der Waals surface area contributed by atoms with Crippen LogP contribution in [0.5, 0.6) is 0 Å². The van der Waals surface area contributed by atoms with Crippen molar-refractivity contribution in [3.63, 3.8) is 0 Å².